The van der Waals surface area contributed by atoms with E-state index < -0.39 is 29.9 Å². The fourth-order valence-corrected chi connectivity index (χ4v) is 3.61. The van der Waals surface area contributed by atoms with Crippen molar-refractivity contribution >= 4 is 23.6 Å². The van der Waals surface area contributed by atoms with Gasteiger partial charge in [0, 0.05) is 12.1 Å². The fourth-order valence-electron chi connectivity index (χ4n) is 3.34. The number of nitrogens with zero attached hydrogens (tertiary/aromatic N) is 1. The van der Waals surface area contributed by atoms with Gasteiger partial charge in [-0.3, -0.25) is 0 Å². The normalized spacial score (nSPS) is 12.5. The van der Waals surface area contributed by atoms with E-state index in [-0.39, 0.29) is 11.6 Å². The molecule has 0 aliphatic carbocycles. The molecule has 2 atom stereocenters. The highest BCUT2D eigenvalue weighted by Gasteiger charge is 2.33. The second-order valence-electron chi connectivity index (χ2n) is 7.04. The predicted octanol–water partition coefficient (Wildman–Crippen LogP) is 4.72. The van der Waals surface area contributed by atoms with Gasteiger partial charge in [0.25, 0.3) is 0 Å². The van der Waals surface area contributed by atoms with Crippen molar-refractivity contribution in [3.8, 4) is 11.5 Å². The van der Waals surface area contributed by atoms with Crippen molar-refractivity contribution in [1.29, 1.82) is 0 Å². The van der Waals surface area contributed by atoms with E-state index >= 15 is 0 Å². The molecule has 32 heavy (non-hydrogen) atoms. The second kappa shape index (κ2) is 11.6. The van der Waals surface area contributed by atoms with Crippen LogP contribution in [0.2, 0.25) is 5.02 Å². The summed E-state index contributed by atoms with van der Waals surface area (Å²) in [5, 5.41) is 2.84. The number of nitrogens with one attached hydrogen (secondary N) is 1. The van der Waals surface area contributed by atoms with E-state index in [1.54, 1.807) is 52.1 Å². The Balaban J connectivity index is 2.41. The zero-order valence-electron chi connectivity index (χ0n) is 18.8. The zero-order chi connectivity index (χ0) is 23.8. The van der Waals surface area contributed by atoms with E-state index in [0.717, 1.165) is 0 Å². The first kappa shape index (κ1) is 25.3. The van der Waals surface area contributed by atoms with Gasteiger partial charge in [0.1, 0.15) is 30.0 Å². The van der Waals surface area contributed by atoms with E-state index in [1.165, 1.54) is 24.1 Å². The van der Waals surface area contributed by atoms with Crippen LogP contribution in [0.5, 0.6) is 11.5 Å². The Hall–Kier alpha value is -3.00. The van der Waals surface area contributed by atoms with Crippen LogP contribution in [-0.4, -0.2) is 43.7 Å². The molecule has 0 radical (unpaired) electrons. The first-order valence-corrected chi connectivity index (χ1v) is 10.5. The molecule has 7 nitrogen and oxygen atoms in total. The SMILES string of the molecule is CCNC(=O)N(C(C)C(=O)OC)[C@@H](C)c1cc(F)cc(Cl)c1COc1ccc(OC)cc1. The van der Waals surface area contributed by atoms with E-state index in [0.29, 0.717) is 29.2 Å². The number of ether oxygens (including phenoxy) is 3. The number of amides is 2. The van der Waals surface area contributed by atoms with Gasteiger partial charge >= 0.3 is 12.0 Å². The van der Waals surface area contributed by atoms with Crippen LogP contribution in [0.4, 0.5) is 9.18 Å². The molecule has 2 rings (SSSR count). The zero-order valence-corrected chi connectivity index (χ0v) is 19.5. The summed E-state index contributed by atoms with van der Waals surface area (Å²) < 4.78 is 30.1. The van der Waals surface area contributed by atoms with Crippen molar-refractivity contribution in [1.82, 2.24) is 10.2 Å². The van der Waals surface area contributed by atoms with Crippen LogP contribution in [0.15, 0.2) is 36.4 Å². The van der Waals surface area contributed by atoms with Gasteiger partial charge in [0.15, 0.2) is 0 Å². The maximum absolute atomic E-state index is 14.3. The van der Waals surface area contributed by atoms with E-state index in [2.05, 4.69) is 5.32 Å². The molecule has 0 heterocycles. The molecule has 2 amide bonds. The van der Waals surface area contributed by atoms with Crippen molar-refractivity contribution in [3.05, 3.63) is 58.4 Å². The van der Waals surface area contributed by atoms with Crippen LogP contribution in [0.25, 0.3) is 0 Å². The average molecular weight is 467 g/mol. The molecule has 2 aromatic rings. The Kier molecular flexibility index (Phi) is 9.13. The summed E-state index contributed by atoms with van der Waals surface area (Å²) in [6.07, 6.45) is 0. The number of rotatable bonds is 9. The van der Waals surface area contributed by atoms with Crippen LogP contribution in [0.1, 0.15) is 37.9 Å². The summed E-state index contributed by atoms with van der Waals surface area (Å²) in [6.45, 7) is 5.38. The third-order valence-corrected chi connectivity index (χ3v) is 5.36. The summed E-state index contributed by atoms with van der Waals surface area (Å²) in [6, 6.07) is 7.33. The van der Waals surface area contributed by atoms with Crippen LogP contribution in [-0.2, 0) is 16.1 Å². The Labute approximate surface area is 192 Å². The largest absolute Gasteiger partial charge is 0.497 e. The molecule has 174 valence electrons. The van der Waals surface area contributed by atoms with Crippen LogP contribution < -0.4 is 14.8 Å². The Morgan fingerprint density at radius 2 is 1.75 bits per heavy atom. The highest BCUT2D eigenvalue weighted by atomic mass is 35.5. The monoisotopic (exact) mass is 466 g/mol. The van der Waals surface area contributed by atoms with Crippen molar-refractivity contribution in [2.75, 3.05) is 20.8 Å². The van der Waals surface area contributed by atoms with Gasteiger partial charge in [-0.05, 0) is 62.7 Å². The number of hydrogen-bond acceptors (Lipinski definition) is 5. The van der Waals surface area contributed by atoms with Crippen molar-refractivity contribution in [3.63, 3.8) is 0 Å². The molecule has 1 N–H and O–H groups in total. The van der Waals surface area contributed by atoms with E-state index in [1.807, 2.05) is 0 Å². The number of benzene rings is 2. The maximum Gasteiger partial charge on any atom is 0.328 e. The summed E-state index contributed by atoms with van der Waals surface area (Å²) >= 11 is 6.36. The quantitative estimate of drug-likeness (QED) is 0.541. The maximum atomic E-state index is 14.3. The second-order valence-corrected chi connectivity index (χ2v) is 7.44. The Morgan fingerprint density at radius 3 is 2.31 bits per heavy atom. The topological polar surface area (TPSA) is 77.1 Å². The lowest BCUT2D eigenvalue weighted by atomic mass is 9.99. The number of carbonyl (C=O) groups excluding carboxylic acids is 2. The van der Waals surface area contributed by atoms with Gasteiger partial charge in [-0.2, -0.15) is 0 Å². The molecule has 0 aromatic heterocycles. The molecule has 0 spiro atoms. The highest BCUT2D eigenvalue weighted by molar-refractivity contribution is 6.31. The van der Waals surface area contributed by atoms with Crippen LogP contribution in [0, 0.1) is 5.82 Å². The van der Waals surface area contributed by atoms with Crippen molar-refractivity contribution in [2.45, 2.75) is 39.5 Å². The van der Waals surface area contributed by atoms with Gasteiger partial charge in [0.2, 0.25) is 0 Å². The highest BCUT2D eigenvalue weighted by Crippen LogP contribution is 2.32. The first-order valence-electron chi connectivity index (χ1n) is 10.1. The van der Waals surface area contributed by atoms with Crippen molar-refractivity contribution in [2.24, 2.45) is 0 Å². The minimum atomic E-state index is -0.918. The number of esters is 1. The third kappa shape index (κ3) is 6.03. The lowest BCUT2D eigenvalue weighted by Crippen LogP contribution is -2.49. The number of hydrogen-bond donors (Lipinski definition) is 1. The lowest BCUT2D eigenvalue weighted by Gasteiger charge is -2.34. The summed E-state index contributed by atoms with van der Waals surface area (Å²) in [5.74, 6) is 0.0856. The molecule has 9 heteroatoms. The third-order valence-electron chi connectivity index (χ3n) is 5.03. The molecule has 0 aliphatic heterocycles. The number of carbonyl (C=O) groups is 2. The van der Waals surface area contributed by atoms with Crippen LogP contribution in [0.3, 0.4) is 0 Å². The molecule has 0 aliphatic rings. The molecule has 0 saturated heterocycles. The molecule has 0 fully saturated rings. The molecular formula is C23H28ClFN2O5. The predicted molar refractivity (Wildman–Crippen MR) is 120 cm³/mol. The summed E-state index contributed by atoms with van der Waals surface area (Å²) in [4.78, 5) is 26.3. The number of urea groups is 1. The van der Waals surface area contributed by atoms with Gasteiger partial charge in [-0.25, -0.2) is 14.0 Å². The average Bonchev–Trinajstić information content (AvgIpc) is 2.77. The van der Waals surface area contributed by atoms with E-state index in [4.69, 9.17) is 25.8 Å². The first-order chi connectivity index (χ1) is 15.2. The minimum absolute atomic E-state index is 0.0287. The number of methoxy groups -OCH3 is 2. The van der Waals surface area contributed by atoms with E-state index in [9.17, 15) is 14.0 Å². The van der Waals surface area contributed by atoms with Gasteiger partial charge in [-0.1, -0.05) is 11.6 Å². The lowest BCUT2D eigenvalue weighted by molar-refractivity contribution is -0.145. The molecule has 0 saturated carbocycles. The molecule has 0 bridgehead atoms. The van der Waals surface area contributed by atoms with Crippen molar-refractivity contribution < 1.29 is 28.2 Å². The number of halogens is 2. The van der Waals surface area contributed by atoms with Gasteiger partial charge < -0.3 is 24.4 Å². The standard InChI is InChI=1S/C23H28ClFN2O5/c1-6-26-23(29)27(15(3)22(28)31-5)14(2)19-11-16(25)12-21(24)20(19)13-32-18-9-7-17(30-4)8-10-18/h7-12,14-15H,6,13H2,1-5H3,(H,26,29)/t14-,15?/m0/s1. The molecule has 2 aromatic carbocycles. The summed E-state index contributed by atoms with van der Waals surface area (Å²) in [7, 11) is 2.81. The minimum Gasteiger partial charge on any atom is -0.497 e. The summed E-state index contributed by atoms with van der Waals surface area (Å²) in [5.41, 5.74) is 0.924. The van der Waals surface area contributed by atoms with Crippen LogP contribution >= 0.6 is 11.6 Å². The van der Waals surface area contributed by atoms with Gasteiger partial charge in [-0.15, -0.1) is 0 Å². The van der Waals surface area contributed by atoms with Gasteiger partial charge in [0.05, 0.1) is 25.3 Å². The Morgan fingerprint density at radius 1 is 1.12 bits per heavy atom. The molecule has 1 unspecified atom stereocenters. The Bertz CT molecular complexity index is 939. The smallest absolute Gasteiger partial charge is 0.328 e. The fraction of sp³-hybridized carbons (Fsp3) is 0.391. The molecular weight excluding hydrogens is 439 g/mol.